The van der Waals surface area contributed by atoms with Gasteiger partial charge in [-0.3, -0.25) is 4.79 Å². The molecule has 0 heterocycles. The molecule has 0 unspecified atom stereocenters. The highest BCUT2D eigenvalue weighted by molar-refractivity contribution is 5.93. The first-order valence-corrected chi connectivity index (χ1v) is 4.03. The van der Waals surface area contributed by atoms with E-state index in [1.807, 2.05) is 0 Å². The molecule has 0 spiro atoms. The largest absolute Gasteiger partial charge is 0.465 e. The van der Waals surface area contributed by atoms with E-state index in [0.717, 1.165) is 0 Å². The molecule has 0 atom stereocenters. The maximum atomic E-state index is 11.1. The number of rotatable bonds is 3. The molecule has 0 aromatic heterocycles. The van der Waals surface area contributed by atoms with E-state index >= 15 is 0 Å². The number of carbonyl (C=O) groups is 2. The van der Waals surface area contributed by atoms with Crippen molar-refractivity contribution in [2.45, 2.75) is 0 Å². The highest BCUT2D eigenvalue weighted by atomic mass is 16.5. The Labute approximate surface area is 82.0 Å². The fourth-order valence-corrected chi connectivity index (χ4v) is 1.11. The zero-order chi connectivity index (χ0) is 10.6. The minimum atomic E-state index is -0.455. The van der Waals surface area contributed by atoms with Crippen molar-refractivity contribution in [2.24, 2.45) is 0 Å². The maximum Gasteiger partial charge on any atom is 0.337 e. The van der Waals surface area contributed by atoms with Crippen molar-refractivity contribution in [1.29, 1.82) is 0 Å². The third-order valence-corrected chi connectivity index (χ3v) is 1.85. The molecule has 0 aliphatic carbocycles. The second-order valence-corrected chi connectivity index (χ2v) is 2.66. The van der Waals surface area contributed by atoms with Crippen molar-refractivity contribution in [3.8, 4) is 0 Å². The van der Waals surface area contributed by atoms with E-state index in [9.17, 15) is 9.59 Å². The number of carbonyl (C=O) groups excluding carboxylic acids is 2. The third-order valence-electron chi connectivity index (χ3n) is 1.85. The lowest BCUT2D eigenvalue weighted by Crippen LogP contribution is -2.02. The van der Waals surface area contributed by atoms with Crippen molar-refractivity contribution >= 4 is 18.3 Å². The molecule has 0 aliphatic heterocycles. The quantitative estimate of drug-likeness (QED) is 0.540. The van der Waals surface area contributed by atoms with Gasteiger partial charge in [-0.25, -0.2) is 4.79 Å². The fourth-order valence-electron chi connectivity index (χ4n) is 1.11. The van der Waals surface area contributed by atoms with Gasteiger partial charge in [0.25, 0.3) is 0 Å². The van der Waals surface area contributed by atoms with Crippen molar-refractivity contribution in [1.82, 2.24) is 0 Å². The first-order valence-electron chi connectivity index (χ1n) is 4.03. The first-order chi connectivity index (χ1) is 6.72. The zero-order valence-corrected chi connectivity index (χ0v) is 7.82. The van der Waals surface area contributed by atoms with Crippen LogP contribution in [0.25, 0.3) is 6.08 Å². The molecule has 0 N–H and O–H groups in total. The Hall–Kier alpha value is -1.90. The maximum absolute atomic E-state index is 11.1. The summed E-state index contributed by atoms with van der Waals surface area (Å²) in [6, 6.07) is 4.73. The van der Waals surface area contributed by atoms with Crippen LogP contribution in [0.4, 0.5) is 0 Å². The highest BCUT2D eigenvalue weighted by Gasteiger charge is 2.07. The van der Waals surface area contributed by atoms with Gasteiger partial charge >= 0.3 is 5.97 Å². The standard InChI is InChI=1S/C11H10O3/c1-3-8-4-5-9(11(13)14-2)6-10(8)7-12/h3-7H,1H2,2H3. The van der Waals surface area contributed by atoms with E-state index in [2.05, 4.69) is 11.3 Å². The average molecular weight is 190 g/mol. The molecule has 3 heteroatoms. The molecule has 14 heavy (non-hydrogen) atoms. The Morgan fingerprint density at radius 1 is 1.43 bits per heavy atom. The van der Waals surface area contributed by atoms with E-state index in [1.54, 1.807) is 18.2 Å². The summed E-state index contributed by atoms with van der Waals surface area (Å²) in [4.78, 5) is 21.8. The lowest BCUT2D eigenvalue weighted by molar-refractivity contribution is 0.0600. The van der Waals surface area contributed by atoms with Gasteiger partial charge < -0.3 is 4.74 Å². The van der Waals surface area contributed by atoms with Gasteiger partial charge in [0.05, 0.1) is 12.7 Å². The van der Waals surface area contributed by atoms with Crippen LogP contribution in [-0.4, -0.2) is 19.4 Å². The Morgan fingerprint density at radius 2 is 2.14 bits per heavy atom. The molecule has 72 valence electrons. The SMILES string of the molecule is C=Cc1ccc(C(=O)OC)cc1C=O. The van der Waals surface area contributed by atoms with E-state index in [0.29, 0.717) is 23.0 Å². The third kappa shape index (κ3) is 1.88. The van der Waals surface area contributed by atoms with E-state index < -0.39 is 5.97 Å². The number of aldehydes is 1. The van der Waals surface area contributed by atoms with Crippen molar-refractivity contribution in [2.75, 3.05) is 7.11 Å². The van der Waals surface area contributed by atoms with Crippen LogP contribution in [0.15, 0.2) is 24.8 Å². The van der Waals surface area contributed by atoms with Crippen LogP contribution in [0.5, 0.6) is 0 Å². The summed E-state index contributed by atoms with van der Waals surface area (Å²) in [5.74, 6) is -0.455. The number of methoxy groups -OCH3 is 1. The second kappa shape index (κ2) is 4.37. The van der Waals surface area contributed by atoms with Crippen LogP contribution in [0.2, 0.25) is 0 Å². The van der Waals surface area contributed by atoms with Gasteiger partial charge in [-0.2, -0.15) is 0 Å². The molecule has 0 radical (unpaired) electrons. The van der Waals surface area contributed by atoms with Gasteiger partial charge in [-0.15, -0.1) is 0 Å². The number of esters is 1. The molecule has 3 nitrogen and oxygen atoms in total. The lowest BCUT2D eigenvalue weighted by atomic mass is 10.1. The molecule has 0 saturated carbocycles. The average Bonchev–Trinajstić information content (AvgIpc) is 2.26. The molecular weight excluding hydrogens is 180 g/mol. The minimum Gasteiger partial charge on any atom is -0.465 e. The summed E-state index contributed by atoms with van der Waals surface area (Å²) in [7, 11) is 1.30. The summed E-state index contributed by atoms with van der Waals surface area (Å²) in [6.45, 7) is 3.56. The van der Waals surface area contributed by atoms with Crippen LogP contribution in [0.1, 0.15) is 26.3 Å². The van der Waals surface area contributed by atoms with Gasteiger partial charge in [0.2, 0.25) is 0 Å². The Balaban J connectivity index is 3.20. The predicted molar refractivity (Wildman–Crippen MR) is 53.3 cm³/mol. The van der Waals surface area contributed by atoms with Gasteiger partial charge in [-0.1, -0.05) is 18.7 Å². The molecule has 1 aromatic rings. The number of hydrogen-bond acceptors (Lipinski definition) is 3. The smallest absolute Gasteiger partial charge is 0.337 e. The molecular formula is C11H10O3. The molecule has 0 amide bonds. The van der Waals surface area contributed by atoms with Crippen LogP contribution in [-0.2, 0) is 4.74 Å². The topological polar surface area (TPSA) is 43.4 Å². The summed E-state index contributed by atoms with van der Waals surface area (Å²) in [5, 5.41) is 0. The van der Waals surface area contributed by atoms with E-state index in [1.165, 1.54) is 13.2 Å². The van der Waals surface area contributed by atoms with Crippen LogP contribution in [0.3, 0.4) is 0 Å². The van der Waals surface area contributed by atoms with Gasteiger partial charge in [0, 0.05) is 5.56 Å². The fraction of sp³-hybridized carbons (Fsp3) is 0.0909. The summed E-state index contributed by atoms with van der Waals surface area (Å²) in [5.41, 5.74) is 1.50. The van der Waals surface area contributed by atoms with Crippen LogP contribution < -0.4 is 0 Å². The molecule has 1 rings (SSSR count). The van der Waals surface area contributed by atoms with Gasteiger partial charge in [0.15, 0.2) is 6.29 Å². The van der Waals surface area contributed by atoms with Crippen molar-refractivity contribution in [3.05, 3.63) is 41.5 Å². The van der Waals surface area contributed by atoms with E-state index in [-0.39, 0.29) is 0 Å². The number of benzene rings is 1. The number of hydrogen-bond donors (Lipinski definition) is 0. The normalized spacial score (nSPS) is 9.21. The van der Waals surface area contributed by atoms with Crippen LogP contribution >= 0.6 is 0 Å². The van der Waals surface area contributed by atoms with Crippen molar-refractivity contribution < 1.29 is 14.3 Å². The second-order valence-electron chi connectivity index (χ2n) is 2.66. The summed E-state index contributed by atoms with van der Waals surface area (Å²) >= 11 is 0. The van der Waals surface area contributed by atoms with Crippen molar-refractivity contribution in [3.63, 3.8) is 0 Å². The minimum absolute atomic E-state index is 0.361. The molecule has 1 aromatic carbocycles. The zero-order valence-electron chi connectivity index (χ0n) is 7.82. The molecule has 0 fully saturated rings. The summed E-state index contributed by atoms with van der Waals surface area (Å²) in [6.07, 6.45) is 2.24. The predicted octanol–water partition coefficient (Wildman–Crippen LogP) is 1.93. The van der Waals surface area contributed by atoms with Crippen LogP contribution in [0, 0.1) is 0 Å². The Kier molecular flexibility index (Phi) is 3.18. The van der Waals surface area contributed by atoms with Gasteiger partial charge in [-0.05, 0) is 17.7 Å². The van der Waals surface area contributed by atoms with Gasteiger partial charge in [0.1, 0.15) is 0 Å². The molecule has 0 saturated heterocycles. The number of ether oxygens (including phenoxy) is 1. The Morgan fingerprint density at radius 3 is 2.64 bits per heavy atom. The summed E-state index contributed by atoms with van der Waals surface area (Å²) < 4.78 is 4.53. The lowest BCUT2D eigenvalue weighted by Gasteiger charge is -2.02. The first kappa shape index (κ1) is 10.2. The van der Waals surface area contributed by atoms with E-state index in [4.69, 9.17) is 0 Å². The monoisotopic (exact) mass is 190 g/mol. The highest BCUT2D eigenvalue weighted by Crippen LogP contribution is 2.12. The molecule has 0 aliphatic rings. The molecule has 0 bridgehead atoms. The Bertz CT molecular complexity index is 380.